The van der Waals surface area contributed by atoms with Gasteiger partial charge in [-0.2, -0.15) is 0 Å². The van der Waals surface area contributed by atoms with Crippen LogP contribution in [0.2, 0.25) is 0 Å². The van der Waals surface area contributed by atoms with Gasteiger partial charge in [0.2, 0.25) is 0 Å². The summed E-state index contributed by atoms with van der Waals surface area (Å²) < 4.78 is 25.1. The molecule has 1 unspecified atom stereocenters. The number of aromatic nitrogens is 3. The monoisotopic (exact) mass is 243 g/mol. The minimum atomic E-state index is -2.97. The van der Waals surface area contributed by atoms with E-state index in [0.29, 0.717) is 19.4 Å². The fraction of sp³-hybridized carbons (Fsp3) is 0.800. The minimum absolute atomic E-state index is 0.277. The molecule has 1 atom stereocenters. The Morgan fingerprint density at radius 2 is 2.06 bits per heavy atom. The van der Waals surface area contributed by atoms with E-state index in [4.69, 9.17) is 0 Å². The number of aryl methyl sites for hydroxylation is 1. The molecule has 0 N–H and O–H groups in total. The van der Waals surface area contributed by atoms with Crippen LogP contribution in [0.1, 0.15) is 37.8 Å². The largest absolute Gasteiger partial charge is 0.313 e. The molecule has 5 nitrogen and oxygen atoms in total. The SMILES string of the molecule is CC(C)c1nnc2n1CC(S(C)(=O)=O)CC2. The molecule has 0 amide bonds. The van der Waals surface area contributed by atoms with Crippen LogP contribution < -0.4 is 0 Å². The van der Waals surface area contributed by atoms with Crippen molar-refractivity contribution in [2.45, 2.75) is 44.4 Å². The quantitative estimate of drug-likeness (QED) is 0.769. The maximum atomic E-state index is 11.5. The van der Waals surface area contributed by atoms with E-state index in [1.54, 1.807) is 0 Å². The van der Waals surface area contributed by atoms with Gasteiger partial charge in [-0.15, -0.1) is 10.2 Å². The lowest BCUT2D eigenvalue weighted by Gasteiger charge is -2.23. The summed E-state index contributed by atoms with van der Waals surface area (Å²) in [5.74, 6) is 2.09. The van der Waals surface area contributed by atoms with E-state index in [2.05, 4.69) is 10.2 Å². The Balaban J connectivity index is 2.35. The van der Waals surface area contributed by atoms with Gasteiger partial charge < -0.3 is 4.57 Å². The highest BCUT2D eigenvalue weighted by molar-refractivity contribution is 7.91. The molecule has 2 rings (SSSR count). The van der Waals surface area contributed by atoms with Crippen molar-refractivity contribution in [3.05, 3.63) is 11.6 Å². The maximum absolute atomic E-state index is 11.5. The molecule has 0 radical (unpaired) electrons. The number of hydrogen-bond acceptors (Lipinski definition) is 4. The first-order chi connectivity index (χ1) is 7.39. The molecule has 6 heteroatoms. The lowest BCUT2D eigenvalue weighted by Crippen LogP contribution is -2.32. The van der Waals surface area contributed by atoms with E-state index in [1.807, 2.05) is 18.4 Å². The molecule has 90 valence electrons. The normalized spacial score (nSPS) is 21.1. The summed E-state index contributed by atoms with van der Waals surface area (Å²) in [4.78, 5) is 0. The van der Waals surface area contributed by atoms with Gasteiger partial charge in [-0.25, -0.2) is 8.42 Å². The molecule has 1 aromatic rings. The third kappa shape index (κ3) is 1.98. The second-order valence-electron chi connectivity index (χ2n) is 4.73. The van der Waals surface area contributed by atoms with Crippen LogP contribution in [0.3, 0.4) is 0 Å². The molecule has 0 fully saturated rings. The molecular formula is C10H17N3O2S. The van der Waals surface area contributed by atoms with Crippen LogP contribution >= 0.6 is 0 Å². The van der Waals surface area contributed by atoms with Gasteiger partial charge in [0.25, 0.3) is 0 Å². The average molecular weight is 243 g/mol. The fourth-order valence-corrected chi connectivity index (χ4v) is 3.06. The van der Waals surface area contributed by atoms with Crippen molar-refractivity contribution in [1.82, 2.24) is 14.8 Å². The van der Waals surface area contributed by atoms with Crippen molar-refractivity contribution in [3.8, 4) is 0 Å². The highest BCUT2D eigenvalue weighted by Crippen LogP contribution is 2.23. The Bertz CT molecular complexity index is 490. The molecule has 0 saturated heterocycles. The number of fused-ring (bicyclic) bond motifs is 1. The zero-order valence-electron chi connectivity index (χ0n) is 9.84. The molecule has 0 aliphatic carbocycles. The Morgan fingerprint density at radius 3 is 2.62 bits per heavy atom. The van der Waals surface area contributed by atoms with Crippen molar-refractivity contribution in [1.29, 1.82) is 0 Å². The van der Waals surface area contributed by atoms with Gasteiger partial charge in [-0.05, 0) is 6.42 Å². The Labute approximate surface area is 95.8 Å². The summed E-state index contributed by atoms with van der Waals surface area (Å²) in [5, 5.41) is 7.96. The molecule has 0 saturated carbocycles. The van der Waals surface area contributed by atoms with Gasteiger partial charge in [-0.3, -0.25) is 0 Å². The summed E-state index contributed by atoms with van der Waals surface area (Å²) in [6, 6.07) is 0. The van der Waals surface area contributed by atoms with E-state index < -0.39 is 9.84 Å². The molecule has 1 aliphatic rings. The summed E-state index contributed by atoms with van der Waals surface area (Å²) in [7, 11) is -2.97. The zero-order valence-corrected chi connectivity index (χ0v) is 10.7. The lowest BCUT2D eigenvalue weighted by molar-refractivity contribution is 0.483. The van der Waals surface area contributed by atoms with E-state index in [9.17, 15) is 8.42 Å². The molecule has 2 heterocycles. The number of sulfone groups is 1. The maximum Gasteiger partial charge on any atom is 0.152 e. The van der Waals surface area contributed by atoms with Gasteiger partial charge >= 0.3 is 0 Å². The zero-order chi connectivity index (χ0) is 11.9. The summed E-state index contributed by atoms with van der Waals surface area (Å²) >= 11 is 0. The van der Waals surface area contributed by atoms with Crippen LogP contribution in [0.5, 0.6) is 0 Å². The van der Waals surface area contributed by atoms with Crippen LogP contribution in [0.15, 0.2) is 0 Å². The highest BCUT2D eigenvalue weighted by atomic mass is 32.2. The second-order valence-corrected chi connectivity index (χ2v) is 7.06. The third-order valence-corrected chi connectivity index (χ3v) is 4.65. The molecule has 16 heavy (non-hydrogen) atoms. The van der Waals surface area contributed by atoms with Crippen LogP contribution in [-0.2, 0) is 22.8 Å². The summed E-state index contributed by atoms with van der Waals surface area (Å²) in [5.41, 5.74) is 0. The van der Waals surface area contributed by atoms with E-state index >= 15 is 0 Å². The number of hydrogen-bond donors (Lipinski definition) is 0. The van der Waals surface area contributed by atoms with Gasteiger partial charge in [-0.1, -0.05) is 13.8 Å². The van der Waals surface area contributed by atoms with Gasteiger partial charge in [0.1, 0.15) is 11.6 Å². The van der Waals surface area contributed by atoms with Crippen molar-refractivity contribution in [2.24, 2.45) is 0 Å². The third-order valence-electron chi connectivity index (χ3n) is 3.05. The molecular weight excluding hydrogens is 226 g/mol. The van der Waals surface area contributed by atoms with E-state index in [0.717, 1.165) is 11.6 Å². The molecule has 0 bridgehead atoms. The van der Waals surface area contributed by atoms with Gasteiger partial charge in [0.05, 0.1) is 5.25 Å². The molecule has 0 spiro atoms. The predicted octanol–water partition coefficient (Wildman–Crippen LogP) is 0.761. The topological polar surface area (TPSA) is 64.8 Å². The van der Waals surface area contributed by atoms with Gasteiger partial charge in [0.15, 0.2) is 9.84 Å². The predicted molar refractivity (Wildman–Crippen MR) is 61.1 cm³/mol. The smallest absolute Gasteiger partial charge is 0.152 e. The summed E-state index contributed by atoms with van der Waals surface area (Å²) in [6.45, 7) is 4.59. The second kappa shape index (κ2) is 3.84. The van der Waals surface area contributed by atoms with Crippen LogP contribution in [0, 0.1) is 0 Å². The molecule has 1 aliphatic heterocycles. The van der Waals surface area contributed by atoms with Crippen molar-refractivity contribution < 1.29 is 8.42 Å². The van der Waals surface area contributed by atoms with E-state index in [1.165, 1.54) is 6.26 Å². The van der Waals surface area contributed by atoms with Crippen molar-refractivity contribution in [3.63, 3.8) is 0 Å². The number of rotatable bonds is 2. The van der Waals surface area contributed by atoms with E-state index in [-0.39, 0.29) is 11.2 Å². The average Bonchev–Trinajstić information content (AvgIpc) is 2.58. The minimum Gasteiger partial charge on any atom is -0.313 e. The fourth-order valence-electron chi connectivity index (χ4n) is 2.09. The molecule has 1 aromatic heterocycles. The van der Waals surface area contributed by atoms with Crippen molar-refractivity contribution in [2.75, 3.05) is 6.26 Å². The molecule has 0 aromatic carbocycles. The Kier molecular flexibility index (Phi) is 2.77. The number of nitrogens with zero attached hydrogens (tertiary/aromatic N) is 3. The highest BCUT2D eigenvalue weighted by Gasteiger charge is 2.29. The van der Waals surface area contributed by atoms with Crippen LogP contribution in [0.25, 0.3) is 0 Å². The van der Waals surface area contributed by atoms with Crippen LogP contribution in [-0.4, -0.2) is 34.7 Å². The first-order valence-electron chi connectivity index (χ1n) is 5.50. The summed E-state index contributed by atoms with van der Waals surface area (Å²) in [6.07, 6.45) is 2.68. The standard InChI is InChI=1S/C10H17N3O2S/c1-7(2)10-12-11-9-5-4-8(6-13(9)10)16(3,14)15/h7-8H,4-6H2,1-3H3. The lowest BCUT2D eigenvalue weighted by atomic mass is 10.1. The Hall–Kier alpha value is -0.910. The first kappa shape index (κ1) is 11.6. The Morgan fingerprint density at radius 1 is 1.38 bits per heavy atom. The van der Waals surface area contributed by atoms with Gasteiger partial charge in [0, 0.05) is 25.1 Å². The van der Waals surface area contributed by atoms with Crippen molar-refractivity contribution >= 4 is 9.84 Å². The first-order valence-corrected chi connectivity index (χ1v) is 7.46. The van der Waals surface area contributed by atoms with Crippen LogP contribution in [0.4, 0.5) is 0 Å².